The average Bonchev–Trinajstić information content (AvgIpc) is 2.83. The molecule has 0 aliphatic carbocycles. The topological polar surface area (TPSA) is 79.5 Å². The van der Waals surface area contributed by atoms with Gasteiger partial charge in [-0.05, 0) is 72.2 Å². The molecule has 1 aliphatic rings. The molecule has 1 heterocycles. The quantitative estimate of drug-likeness (QED) is 0.520. The molecule has 1 aliphatic heterocycles. The van der Waals surface area contributed by atoms with E-state index in [1.807, 2.05) is 33.8 Å². The normalized spacial score (nSPS) is 16.8. The first-order chi connectivity index (χ1) is 13.3. The summed E-state index contributed by atoms with van der Waals surface area (Å²) in [5.74, 6) is 0.279. The SMILES string of the molecule is CC1(C)C=C(C(=O)NCCCNC(=O)C(C)(C)Oc2ccc(Cl)cc2)C(C)(C)N1.Cl. The lowest BCUT2D eigenvalue weighted by Gasteiger charge is -2.27. The van der Waals surface area contributed by atoms with E-state index in [1.54, 1.807) is 38.1 Å². The average molecular weight is 458 g/mol. The minimum absolute atomic E-state index is 0. The van der Waals surface area contributed by atoms with E-state index in [9.17, 15) is 9.59 Å². The highest BCUT2D eigenvalue weighted by Crippen LogP contribution is 2.29. The fraction of sp³-hybridized carbons (Fsp3) is 0.545. The van der Waals surface area contributed by atoms with Gasteiger partial charge in [-0.3, -0.25) is 14.9 Å². The van der Waals surface area contributed by atoms with Gasteiger partial charge in [0.1, 0.15) is 5.75 Å². The number of hydrogen-bond donors (Lipinski definition) is 3. The molecular formula is C22H33Cl2N3O3. The predicted octanol–water partition coefficient (Wildman–Crippen LogP) is 3.63. The molecule has 3 N–H and O–H groups in total. The first kappa shape index (κ1) is 26.3. The molecule has 0 radical (unpaired) electrons. The second-order valence-corrected chi connectivity index (χ2v) is 9.40. The van der Waals surface area contributed by atoms with Gasteiger partial charge in [0.2, 0.25) is 5.91 Å². The summed E-state index contributed by atoms with van der Waals surface area (Å²) in [6, 6.07) is 6.88. The van der Waals surface area contributed by atoms with Crippen LogP contribution in [0.4, 0.5) is 0 Å². The molecule has 168 valence electrons. The van der Waals surface area contributed by atoms with Crippen molar-refractivity contribution in [3.05, 3.63) is 40.9 Å². The number of ether oxygens (including phenoxy) is 1. The van der Waals surface area contributed by atoms with E-state index in [2.05, 4.69) is 16.0 Å². The monoisotopic (exact) mass is 457 g/mol. The summed E-state index contributed by atoms with van der Waals surface area (Å²) in [6.45, 7) is 12.4. The lowest BCUT2D eigenvalue weighted by molar-refractivity contribution is -0.134. The maximum Gasteiger partial charge on any atom is 0.263 e. The molecule has 1 aromatic carbocycles. The van der Waals surface area contributed by atoms with E-state index in [-0.39, 0.29) is 35.3 Å². The summed E-state index contributed by atoms with van der Waals surface area (Å²) in [5.41, 5.74) is -0.860. The number of amides is 2. The van der Waals surface area contributed by atoms with Gasteiger partial charge in [0, 0.05) is 34.8 Å². The van der Waals surface area contributed by atoms with Crippen LogP contribution in [0, 0.1) is 0 Å². The maximum absolute atomic E-state index is 12.5. The van der Waals surface area contributed by atoms with Crippen molar-refractivity contribution in [3.8, 4) is 5.75 Å². The first-order valence-corrected chi connectivity index (χ1v) is 10.2. The lowest BCUT2D eigenvalue weighted by Crippen LogP contribution is -2.48. The summed E-state index contributed by atoms with van der Waals surface area (Å²) in [7, 11) is 0. The molecule has 0 unspecified atom stereocenters. The Morgan fingerprint density at radius 2 is 1.63 bits per heavy atom. The number of carbonyl (C=O) groups is 2. The third-order valence-corrected chi connectivity index (χ3v) is 4.97. The van der Waals surface area contributed by atoms with E-state index < -0.39 is 5.60 Å². The van der Waals surface area contributed by atoms with Gasteiger partial charge < -0.3 is 15.4 Å². The van der Waals surface area contributed by atoms with Crippen molar-refractivity contribution in [2.24, 2.45) is 0 Å². The van der Waals surface area contributed by atoms with Gasteiger partial charge in [0.05, 0.1) is 0 Å². The van der Waals surface area contributed by atoms with Gasteiger partial charge in [-0.2, -0.15) is 0 Å². The smallest absolute Gasteiger partial charge is 0.263 e. The molecule has 2 amide bonds. The summed E-state index contributed by atoms with van der Waals surface area (Å²) in [6.07, 6.45) is 2.60. The minimum atomic E-state index is -1.02. The van der Waals surface area contributed by atoms with Crippen LogP contribution >= 0.6 is 24.0 Å². The minimum Gasteiger partial charge on any atom is -0.478 e. The maximum atomic E-state index is 12.5. The third kappa shape index (κ3) is 7.18. The summed E-state index contributed by atoms with van der Waals surface area (Å²) in [4.78, 5) is 24.9. The zero-order chi connectivity index (χ0) is 21.9. The van der Waals surface area contributed by atoms with Crippen LogP contribution < -0.4 is 20.7 Å². The van der Waals surface area contributed by atoms with Gasteiger partial charge in [-0.15, -0.1) is 12.4 Å². The van der Waals surface area contributed by atoms with E-state index in [1.165, 1.54) is 0 Å². The van der Waals surface area contributed by atoms with E-state index in [4.69, 9.17) is 16.3 Å². The predicted molar refractivity (Wildman–Crippen MR) is 123 cm³/mol. The highest BCUT2D eigenvalue weighted by atomic mass is 35.5. The zero-order valence-corrected chi connectivity index (χ0v) is 20.1. The Morgan fingerprint density at radius 3 is 2.17 bits per heavy atom. The largest absolute Gasteiger partial charge is 0.478 e. The van der Waals surface area contributed by atoms with E-state index >= 15 is 0 Å². The standard InChI is InChI=1S/C22H32ClN3O3.ClH/c1-20(2)14-17(21(3,4)26-20)18(27)24-12-7-13-25-19(28)22(5,6)29-16-10-8-15(23)9-11-16;/h8-11,14,26H,7,12-13H2,1-6H3,(H,24,27)(H,25,28);1H. The second-order valence-electron chi connectivity index (χ2n) is 8.96. The van der Waals surface area contributed by atoms with Crippen molar-refractivity contribution < 1.29 is 14.3 Å². The van der Waals surface area contributed by atoms with Crippen LogP contribution in [0.1, 0.15) is 48.0 Å². The Hall–Kier alpha value is -1.76. The summed E-state index contributed by atoms with van der Waals surface area (Å²) >= 11 is 5.87. The van der Waals surface area contributed by atoms with Crippen molar-refractivity contribution in [2.45, 2.75) is 64.6 Å². The molecule has 6 nitrogen and oxygen atoms in total. The first-order valence-electron chi connectivity index (χ1n) is 9.86. The van der Waals surface area contributed by atoms with Crippen LogP contribution in [0.25, 0.3) is 0 Å². The highest BCUT2D eigenvalue weighted by molar-refractivity contribution is 6.30. The van der Waals surface area contributed by atoms with Crippen LogP contribution in [0.3, 0.4) is 0 Å². The van der Waals surface area contributed by atoms with Gasteiger partial charge in [-0.25, -0.2) is 0 Å². The number of hydrogen-bond acceptors (Lipinski definition) is 4. The van der Waals surface area contributed by atoms with Crippen LogP contribution in [-0.2, 0) is 9.59 Å². The van der Waals surface area contributed by atoms with E-state index in [0.29, 0.717) is 30.3 Å². The lowest BCUT2D eigenvalue weighted by atomic mass is 9.96. The number of carbonyl (C=O) groups excluding carboxylic acids is 2. The summed E-state index contributed by atoms with van der Waals surface area (Å²) < 4.78 is 5.77. The van der Waals surface area contributed by atoms with Crippen LogP contribution in [-0.4, -0.2) is 41.6 Å². The van der Waals surface area contributed by atoms with Crippen molar-refractivity contribution in [2.75, 3.05) is 13.1 Å². The van der Waals surface area contributed by atoms with Gasteiger partial charge in [0.25, 0.3) is 5.91 Å². The molecule has 2 rings (SSSR count). The number of halogens is 2. The second kappa shape index (κ2) is 10.0. The molecule has 0 atom stereocenters. The van der Waals surface area contributed by atoms with Crippen molar-refractivity contribution in [1.82, 2.24) is 16.0 Å². The number of rotatable bonds is 8. The fourth-order valence-corrected chi connectivity index (χ4v) is 3.57. The van der Waals surface area contributed by atoms with Crippen LogP contribution in [0.15, 0.2) is 35.9 Å². The molecule has 1 aromatic rings. The molecule has 0 saturated carbocycles. The zero-order valence-electron chi connectivity index (χ0n) is 18.5. The highest BCUT2D eigenvalue weighted by Gasteiger charge is 2.39. The van der Waals surface area contributed by atoms with Crippen molar-refractivity contribution >= 4 is 35.8 Å². The molecule has 0 fully saturated rings. The Bertz CT molecular complexity index is 787. The Balaban J connectivity index is 0.00000450. The van der Waals surface area contributed by atoms with Crippen molar-refractivity contribution in [3.63, 3.8) is 0 Å². The Morgan fingerprint density at radius 1 is 1.07 bits per heavy atom. The van der Waals surface area contributed by atoms with Gasteiger partial charge in [-0.1, -0.05) is 17.7 Å². The Labute approximate surface area is 190 Å². The third-order valence-electron chi connectivity index (χ3n) is 4.72. The molecule has 0 bridgehead atoms. The molecule has 0 saturated heterocycles. The van der Waals surface area contributed by atoms with Gasteiger partial charge in [0.15, 0.2) is 5.60 Å². The molecule has 8 heteroatoms. The summed E-state index contributed by atoms with van der Waals surface area (Å²) in [5, 5.41) is 9.83. The van der Waals surface area contributed by atoms with Crippen molar-refractivity contribution in [1.29, 1.82) is 0 Å². The number of nitrogens with one attached hydrogen (secondary N) is 3. The van der Waals surface area contributed by atoms with Gasteiger partial charge >= 0.3 is 0 Å². The van der Waals surface area contributed by atoms with Crippen LogP contribution in [0.5, 0.6) is 5.75 Å². The van der Waals surface area contributed by atoms with Crippen LogP contribution in [0.2, 0.25) is 5.02 Å². The molecule has 0 aromatic heterocycles. The Kier molecular flexibility index (Phi) is 8.79. The van der Waals surface area contributed by atoms with E-state index in [0.717, 1.165) is 5.57 Å². The molecular weight excluding hydrogens is 425 g/mol. The number of benzene rings is 1. The fourth-order valence-electron chi connectivity index (χ4n) is 3.44. The molecule has 0 spiro atoms. The molecule has 30 heavy (non-hydrogen) atoms.